The summed E-state index contributed by atoms with van der Waals surface area (Å²) in [6.45, 7) is 1.85. The second kappa shape index (κ2) is 7.52. The van der Waals surface area contributed by atoms with Crippen molar-refractivity contribution in [1.82, 2.24) is 14.5 Å². The molecule has 33 heavy (non-hydrogen) atoms. The van der Waals surface area contributed by atoms with Gasteiger partial charge < -0.3 is 10.6 Å². The number of fused-ring (bicyclic) bond motifs is 2. The standard InChI is InChI=1S/C23H19N5O4S/c1-13-3-6-17(7-4-13)33(31,32)19-10-15-12-24-23(27-21(15)28(2)22(19)30)25-16-5-8-18-14(9-16)11-20(29)26-18/h3-10,12H,11H2,1-2H3,(H,26,29)(H,24,25,27). The number of nitrogens with one attached hydrogen (secondary N) is 2. The fraction of sp³-hybridized carbons (Fsp3) is 0.130. The number of pyridine rings is 1. The highest BCUT2D eigenvalue weighted by Gasteiger charge is 2.24. The van der Waals surface area contributed by atoms with Crippen LogP contribution in [-0.4, -0.2) is 28.9 Å². The average molecular weight is 462 g/mol. The number of anilines is 3. The lowest BCUT2D eigenvalue weighted by molar-refractivity contribution is -0.115. The van der Waals surface area contributed by atoms with Crippen LogP contribution in [0.4, 0.5) is 17.3 Å². The number of carbonyl (C=O) groups is 1. The lowest BCUT2D eigenvalue weighted by atomic mass is 10.1. The predicted octanol–water partition coefficient (Wildman–Crippen LogP) is 2.71. The minimum atomic E-state index is -4.01. The van der Waals surface area contributed by atoms with Gasteiger partial charge in [0.15, 0.2) is 0 Å². The molecule has 0 unspecified atom stereocenters. The molecule has 2 aromatic carbocycles. The Balaban J connectivity index is 1.53. The van der Waals surface area contributed by atoms with Crippen molar-refractivity contribution in [1.29, 1.82) is 0 Å². The number of sulfone groups is 1. The van der Waals surface area contributed by atoms with Crippen LogP contribution in [0.5, 0.6) is 0 Å². The molecule has 5 rings (SSSR count). The molecular weight excluding hydrogens is 442 g/mol. The summed E-state index contributed by atoms with van der Waals surface area (Å²) < 4.78 is 27.4. The van der Waals surface area contributed by atoms with Crippen molar-refractivity contribution in [3.8, 4) is 0 Å². The maximum atomic E-state index is 13.1. The lowest BCUT2D eigenvalue weighted by Crippen LogP contribution is -2.25. The molecule has 0 bridgehead atoms. The lowest BCUT2D eigenvalue weighted by Gasteiger charge is -2.11. The van der Waals surface area contributed by atoms with Gasteiger partial charge in [0.2, 0.25) is 21.7 Å². The molecule has 1 aliphatic heterocycles. The molecule has 2 N–H and O–H groups in total. The normalized spacial score (nSPS) is 13.1. The highest BCUT2D eigenvalue weighted by atomic mass is 32.2. The van der Waals surface area contributed by atoms with Crippen molar-refractivity contribution in [2.24, 2.45) is 7.05 Å². The van der Waals surface area contributed by atoms with E-state index in [4.69, 9.17) is 0 Å². The van der Waals surface area contributed by atoms with Gasteiger partial charge in [-0.2, -0.15) is 4.98 Å². The summed E-state index contributed by atoms with van der Waals surface area (Å²) in [7, 11) is -2.53. The van der Waals surface area contributed by atoms with Crippen molar-refractivity contribution in [2.75, 3.05) is 10.6 Å². The zero-order valence-electron chi connectivity index (χ0n) is 17.8. The third-order valence-electron chi connectivity index (χ3n) is 5.52. The first-order chi connectivity index (χ1) is 15.7. The van der Waals surface area contributed by atoms with E-state index in [0.717, 1.165) is 16.8 Å². The molecule has 0 fully saturated rings. The fourth-order valence-corrected chi connectivity index (χ4v) is 5.15. The Morgan fingerprint density at radius 1 is 1.06 bits per heavy atom. The van der Waals surface area contributed by atoms with Crippen molar-refractivity contribution in [3.05, 3.63) is 76.2 Å². The van der Waals surface area contributed by atoms with E-state index in [1.54, 1.807) is 24.3 Å². The molecule has 166 valence electrons. The number of aryl methyl sites for hydroxylation is 2. The van der Waals surface area contributed by atoms with Crippen molar-refractivity contribution in [3.63, 3.8) is 0 Å². The number of rotatable bonds is 4. The number of benzene rings is 2. The Hall–Kier alpha value is -4.05. The van der Waals surface area contributed by atoms with Gasteiger partial charge in [-0.1, -0.05) is 17.7 Å². The highest BCUT2D eigenvalue weighted by molar-refractivity contribution is 7.91. The van der Waals surface area contributed by atoms with Crippen LogP contribution in [-0.2, 0) is 28.1 Å². The Morgan fingerprint density at radius 2 is 1.82 bits per heavy atom. The molecule has 1 amide bonds. The average Bonchev–Trinajstić information content (AvgIpc) is 3.16. The number of nitrogens with zero attached hydrogens (tertiary/aromatic N) is 3. The Kier molecular flexibility index (Phi) is 4.75. The molecule has 0 saturated heterocycles. The van der Waals surface area contributed by atoms with Crippen LogP contribution >= 0.6 is 0 Å². The third-order valence-corrected chi connectivity index (χ3v) is 7.29. The van der Waals surface area contributed by atoms with Gasteiger partial charge in [0.05, 0.1) is 11.3 Å². The maximum Gasteiger partial charge on any atom is 0.271 e. The number of hydrogen-bond donors (Lipinski definition) is 2. The number of amides is 1. The topological polar surface area (TPSA) is 123 Å². The minimum absolute atomic E-state index is 0.0494. The number of carbonyl (C=O) groups excluding carboxylic acids is 1. The van der Waals surface area contributed by atoms with Gasteiger partial charge in [0.25, 0.3) is 5.56 Å². The van der Waals surface area contributed by atoms with Gasteiger partial charge in [0, 0.05) is 30.0 Å². The first-order valence-electron chi connectivity index (χ1n) is 10.1. The summed E-state index contributed by atoms with van der Waals surface area (Å²) in [5.41, 5.74) is 2.86. The summed E-state index contributed by atoms with van der Waals surface area (Å²) in [6, 6.07) is 13.1. The monoisotopic (exact) mass is 461 g/mol. The van der Waals surface area contributed by atoms with E-state index >= 15 is 0 Å². The van der Waals surface area contributed by atoms with Crippen LogP contribution in [0.3, 0.4) is 0 Å². The van der Waals surface area contributed by atoms with Gasteiger partial charge >= 0.3 is 0 Å². The SMILES string of the molecule is Cc1ccc(S(=O)(=O)c2cc3cnc(Nc4ccc5c(c4)CC(=O)N5)nc3n(C)c2=O)cc1. The fourth-order valence-electron chi connectivity index (χ4n) is 3.75. The van der Waals surface area contributed by atoms with E-state index in [9.17, 15) is 18.0 Å². The zero-order valence-corrected chi connectivity index (χ0v) is 18.6. The largest absolute Gasteiger partial charge is 0.326 e. The molecule has 10 heteroatoms. The molecular formula is C23H19N5O4S. The summed E-state index contributed by atoms with van der Waals surface area (Å²) in [6.07, 6.45) is 1.77. The predicted molar refractivity (Wildman–Crippen MR) is 123 cm³/mol. The van der Waals surface area contributed by atoms with Crippen LogP contribution in [0.25, 0.3) is 11.0 Å². The molecule has 1 aliphatic rings. The van der Waals surface area contributed by atoms with Crippen LogP contribution in [0.2, 0.25) is 0 Å². The number of aromatic nitrogens is 3. The summed E-state index contributed by atoms with van der Waals surface area (Å²) in [5, 5.41) is 6.26. The van der Waals surface area contributed by atoms with Gasteiger partial charge in [-0.05, 0) is 48.9 Å². The van der Waals surface area contributed by atoms with Crippen molar-refractivity contribution >= 4 is 44.1 Å². The maximum absolute atomic E-state index is 13.1. The van der Waals surface area contributed by atoms with Gasteiger partial charge in [-0.15, -0.1) is 0 Å². The zero-order chi connectivity index (χ0) is 23.3. The van der Waals surface area contributed by atoms with Crippen molar-refractivity contribution < 1.29 is 13.2 Å². The van der Waals surface area contributed by atoms with Crippen LogP contribution in [0.1, 0.15) is 11.1 Å². The second-order valence-electron chi connectivity index (χ2n) is 7.88. The van der Waals surface area contributed by atoms with Crippen molar-refractivity contribution in [2.45, 2.75) is 23.1 Å². The first kappa shape index (κ1) is 20.8. The first-order valence-corrected chi connectivity index (χ1v) is 11.6. The van der Waals surface area contributed by atoms with Gasteiger partial charge in [-0.3, -0.25) is 14.2 Å². The second-order valence-corrected chi connectivity index (χ2v) is 9.80. The minimum Gasteiger partial charge on any atom is -0.326 e. The third kappa shape index (κ3) is 3.64. The quantitative estimate of drug-likeness (QED) is 0.479. The summed E-state index contributed by atoms with van der Waals surface area (Å²) >= 11 is 0. The summed E-state index contributed by atoms with van der Waals surface area (Å²) in [4.78, 5) is 32.9. The highest BCUT2D eigenvalue weighted by Crippen LogP contribution is 2.27. The van der Waals surface area contributed by atoms with Crippen LogP contribution in [0.15, 0.2) is 69.3 Å². The van der Waals surface area contributed by atoms with E-state index < -0.39 is 15.4 Å². The number of hydrogen-bond acceptors (Lipinski definition) is 7. The van der Waals surface area contributed by atoms with E-state index in [0.29, 0.717) is 23.1 Å². The summed E-state index contributed by atoms with van der Waals surface area (Å²) in [5.74, 6) is 0.180. The molecule has 0 spiro atoms. The van der Waals surface area contributed by atoms with E-state index in [2.05, 4.69) is 20.6 Å². The van der Waals surface area contributed by atoms with E-state index in [-0.39, 0.29) is 21.6 Å². The van der Waals surface area contributed by atoms with Crippen LogP contribution < -0.4 is 16.2 Å². The molecule has 0 radical (unpaired) electrons. The molecule has 3 heterocycles. The molecule has 9 nitrogen and oxygen atoms in total. The van der Waals surface area contributed by atoms with Gasteiger partial charge in [0.1, 0.15) is 10.5 Å². The molecule has 4 aromatic rings. The Morgan fingerprint density at radius 3 is 2.58 bits per heavy atom. The molecule has 0 saturated carbocycles. The smallest absolute Gasteiger partial charge is 0.271 e. The Bertz CT molecular complexity index is 1610. The molecule has 0 aliphatic carbocycles. The van der Waals surface area contributed by atoms with E-state index in [1.165, 1.54) is 36.0 Å². The molecule has 0 atom stereocenters. The molecule has 2 aromatic heterocycles. The van der Waals surface area contributed by atoms with Crippen LogP contribution in [0, 0.1) is 6.92 Å². The van der Waals surface area contributed by atoms with E-state index in [1.807, 2.05) is 13.0 Å². The van der Waals surface area contributed by atoms with Gasteiger partial charge in [-0.25, -0.2) is 13.4 Å². The Labute approximate surface area is 189 Å².